The van der Waals surface area contributed by atoms with Crippen molar-refractivity contribution < 1.29 is 19.3 Å². The van der Waals surface area contributed by atoms with Gasteiger partial charge in [0.05, 0.1) is 11.7 Å². The van der Waals surface area contributed by atoms with Gasteiger partial charge in [-0.05, 0) is 43.5 Å². The van der Waals surface area contributed by atoms with Gasteiger partial charge in [0.25, 0.3) is 0 Å². The number of likely N-dealkylation sites (tertiary alicyclic amines) is 1. The number of piperidine rings is 1. The van der Waals surface area contributed by atoms with Gasteiger partial charge in [0.2, 0.25) is 0 Å². The summed E-state index contributed by atoms with van der Waals surface area (Å²) in [6, 6.07) is 6.44. The Morgan fingerprint density at radius 3 is 2.61 bits per heavy atom. The van der Waals surface area contributed by atoms with Crippen LogP contribution >= 0.6 is 0 Å². The van der Waals surface area contributed by atoms with Gasteiger partial charge in [-0.2, -0.15) is 0 Å². The summed E-state index contributed by atoms with van der Waals surface area (Å²) >= 11 is 0. The summed E-state index contributed by atoms with van der Waals surface area (Å²) in [6.45, 7) is 2.64. The molecule has 1 aromatic rings. The molecule has 3 rings (SSSR count). The maximum Gasteiger partial charge on any atom is 0.123 e. The van der Waals surface area contributed by atoms with Crippen LogP contribution in [0.5, 0.6) is 0 Å². The van der Waals surface area contributed by atoms with Crippen LogP contribution in [0.15, 0.2) is 24.3 Å². The predicted octanol–water partition coefficient (Wildman–Crippen LogP) is 1.73. The minimum Gasteiger partial charge on any atom is -0.391 e. The number of aliphatic hydroxyl groups is 2. The van der Waals surface area contributed by atoms with Crippen LogP contribution in [0.4, 0.5) is 4.39 Å². The lowest BCUT2D eigenvalue weighted by Crippen LogP contribution is -2.56. The van der Waals surface area contributed by atoms with Crippen molar-refractivity contribution in [3.8, 4) is 0 Å². The van der Waals surface area contributed by atoms with Gasteiger partial charge in [-0.15, -0.1) is 0 Å². The van der Waals surface area contributed by atoms with Gasteiger partial charge in [0, 0.05) is 38.6 Å². The number of hydrogen-bond donors (Lipinski definition) is 2. The van der Waals surface area contributed by atoms with Crippen molar-refractivity contribution in [3.63, 3.8) is 0 Å². The molecule has 128 valence electrons. The molecule has 0 radical (unpaired) electrons. The number of rotatable bonds is 4. The lowest BCUT2D eigenvalue weighted by atomic mass is 9.88. The summed E-state index contributed by atoms with van der Waals surface area (Å²) in [5.74, 6) is -0.244. The summed E-state index contributed by atoms with van der Waals surface area (Å²) < 4.78 is 18.4. The predicted molar refractivity (Wildman–Crippen MR) is 85.7 cm³/mol. The summed E-state index contributed by atoms with van der Waals surface area (Å²) in [7, 11) is 0. The van der Waals surface area contributed by atoms with Crippen LogP contribution in [-0.4, -0.2) is 59.2 Å². The van der Waals surface area contributed by atoms with Gasteiger partial charge in [0.1, 0.15) is 5.82 Å². The smallest absolute Gasteiger partial charge is 0.123 e. The molecule has 2 heterocycles. The standard InChI is InChI=1S/C18H26FNO3/c19-15-5-3-14(4-6-15)12-16-17(21)2-1-9-20(16)13-18(22)7-10-23-11-8-18/h3-6,16-17,21-22H,1-2,7-13H2/t16-,17-/m0/s1. The Hall–Kier alpha value is -1.01. The highest BCUT2D eigenvalue weighted by molar-refractivity contribution is 5.18. The Bertz CT molecular complexity index is 501. The second-order valence-electron chi connectivity index (χ2n) is 6.91. The van der Waals surface area contributed by atoms with Crippen LogP contribution in [0.2, 0.25) is 0 Å². The van der Waals surface area contributed by atoms with Crippen molar-refractivity contribution in [2.75, 3.05) is 26.3 Å². The van der Waals surface area contributed by atoms with Crippen LogP contribution in [0.25, 0.3) is 0 Å². The van der Waals surface area contributed by atoms with Gasteiger partial charge in [-0.1, -0.05) is 12.1 Å². The van der Waals surface area contributed by atoms with Crippen LogP contribution in [0, 0.1) is 5.82 Å². The fourth-order valence-electron chi connectivity index (χ4n) is 3.72. The summed E-state index contributed by atoms with van der Waals surface area (Å²) in [5.41, 5.74) is 0.289. The highest BCUT2D eigenvalue weighted by atomic mass is 19.1. The molecule has 0 saturated carbocycles. The number of nitrogens with zero attached hydrogens (tertiary/aromatic N) is 1. The van der Waals surface area contributed by atoms with E-state index in [1.54, 1.807) is 12.1 Å². The van der Waals surface area contributed by atoms with Crippen molar-refractivity contribution >= 4 is 0 Å². The summed E-state index contributed by atoms with van der Waals surface area (Å²) in [6.07, 6.45) is 3.27. The molecule has 2 saturated heterocycles. The number of ether oxygens (including phenoxy) is 1. The van der Waals surface area contributed by atoms with Crippen molar-refractivity contribution in [1.29, 1.82) is 0 Å². The molecule has 2 aliphatic heterocycles. The molecule has 0 bridgehead atoms. The monoisotopic (exact) mass is 323 g/mol. The Morgan fingerprint density at radius 1 is 1.22 bits per heavy atom. The average Bonchev–Trinajstić information content (AvgIpc) is 2.53. The fourth-order valence-corrected chi connectivity index (χ4v) is 3.72. The maximum absolute atomic E-state index is 13.1. The van der Waals surface area contributed by atoms with Crippen molar-refractivity contribution in [2.24, 2.45) is 0 Å². The zero-order valence-corrected chi connectivity index (χ0v) is 13.5. The van der Waals surface area contributed by atoms with Gasteiger partial charge in [-0.3, -0.25) is 4.90 Å². The molecule has 2 N–H and O–H groups in total. The first-order valence-electron chi connectivity index (χ1n) is 8.52. The molecule has 0 amide bonds. The second-order valence-corrected chi connectivity index (χ2v) is 6.91. The molecule has 1 aromatic carbocycles. The molecule has 5 heteroatoms. The van der Waals surface area contributed by atoms with E-state index in [0.717, 1.165) is 24.9 Å². The lowest BCUT2D eigenvalue weighted by molar-refractivity contribution is -0.0995. The van der Waals surface area contributed by atoms with Gasteiger partial charge in [0.15, 0.2) is 0 Å². The number of aliphatic hydroxyl groups excluding tert-OH is 1. The van der Waals surface area contributed by atoms with E-state index >= 15 is 0 Å². The molecule has 2 aliphatic rings. The van der Waals surface area contributed by atoms with E-state index < -0.39 is 11.7 Å². The minimum atomic E-state index is -0.726. The van der Waals surface area contributed by atoms with Crippen LogP contribution < -0.4 is 0 Å². The lowest BCUT2D eigenvalue weighted by Gasteiger charge is -2.44. The van der Waals surface area contributed by atoms with Crippen LogP contribution in [-0.2, 0) is 11.2 Å². The molecule has 0 spiro atoms. The molecule has 0 unspecified atom stereocenters. The summed E-state index contributed by atoms with van der Waals surface area (Å²) in [5, 5.41) is 21.2. The molecular formula is C18H26FNO3. The molecule has 2 atom stereocenters. The molecule has 4 nitrogen and oxygen atoms in total. The minimum absolute atomic E-state index is 0.0268. The van der Waals surface area contributed by atoms with Crippen LogP contribution in [0.3, 0.4) is 0 Å². The fraction of sp³-hybridized carbons (Fsp3) is 0.667. The highest BCUT2D eigenvalue weighted by Crippen LogP contribution is 2.27. The number of benzene rings is 1. The Morgan fingerprint density at radius 2 is 1.91 bits per heavy atom. The van der Waals surface area contributed by atoms with E-state index in [1.807, 2.05) is 0 Å². The van der Waals surface area contributed by atoms with E-state index in [9.17, 15) is 14.6 Å². The number of β-amino-alcohol motifs (C(OH)–C–C–N with tert-alkyl or cyclic N) is 1. The topological polar surface area (TPSA) is 52.9 Å². The Kier molecular flexibility index (Phi) is 5.31. The van der Waals surface area contributed by atoms with Gasteiger partial charge >= 0.3 is 0 Å². The molecular weight excluding hydrogens is 297 g/mol. The summed E-state index contributed by atoms with van der Waals surface area (Å²) in [4.78, 5) is 2.21. The molecule has 0 aromatic heterocycles. The van der Waals surface area contributed by atoms with Crippen LogP contribution in [0.1, 0.15) is 31.2 Å². The van der Waals surface area contributed by atoms with E-state index in [2.05, 4.69) is 4.90 Å². The van der Waals surface area contributed by atoms with E-state index in [-0.39, 0.29) is 11.9 Å². The third kappa shape index (κ3) is 4.29. The average molecular weight is 323 g/mol. The normalized spacial score (nSPS) is 28.7. The van der Waals surface area contributed by atoms with Crippen molar-refractivity contribution in [3.05, 3.63) is 35.6 Å². The quantitative estimate of drug-likeness (QED) is 0.886. The maximum atomic E-state index is 13.1. The first-order valence-corrected chi connectivity index (χ1v) is 8.52. The highest BCUT2D eigenvalue weighted by Gasteiger charge is 2.37. The van der Waals surface area contributed by atoms with E-state index in [4.69, 9.17) is 4.74 Å². The first kappa shape index (κ1) is 16.8. The number of hydrogen-bond acceptors (Lipinski definition) is 4. The van der Waals surface area contributed by atoms with E-state index in [1.165, 1.54) is 12.1 Å². The Labute approximate surface area is 136 Å². The third-order valence-corrected chi connectivity index (χ3v) is 5.14. The Balaban J connectivity index is 1.70. The second kappa shape index (κ2) is 7.26. The zero-order chi connectivity index (χ0) is 16.3. The zero-order valence-electron chi connectivity index (χ0n) is 13.5. The first-order chi connectivity index (χ1) is 11.1. The van der Waals surface area contributed by atoms with E-state index in [0.29, 0.717) is 39.0 Å². The number of halogens is 1. The van der Waals surface area contributed by atoms with Crippen molar-refractivity contribution in [2.45, 2.75) is 49.9 Å². The molecule has 0 aliphatic carbocycles. The third-order valence-electron chi connectivity index (χ3n) is 5.14. The largest absolute Gasteiger partial charge is 0.391 e. The van der Waals surface area contributed by atoms with Gasteiger partial charge in [-0.25, -0.2) is 4.39 Å². The SMILES string of the molecule is O[C@H]1CCCN(CC2(O)CCOCC2)[C@H]1Cc1ccc(F)cc1. The molecule has 2 fully saturated rings. The van der Waals surface area contributed by atoms with Crippen molar-refractivity contribution in [1.82, 2.24) is 4.90 Å². The molecule has 23 heavy (non-hydrogen) atoms. The van der Waals surface area contributed by atoms with Gasteiger partial charge < -0.3 is 14.9 Å².